The van der Waals surface area contributed by atoms with E-state index in [1.165, 1.54) is 11.1 Å². The van der Waals surface area contributed by atoms with E-state index in [1.54, 1.807) is 0 Å². The molecular formula is C15H20N2O. The van der Waals surface area contributed by atoms with Crippen molar-refractivity contribution < 1.29 is 4.79 Å². The Morgan fingerprint density at radius 3 is 2.94 bits per heavy atom. The van der Waals surface area contributed by atoms with Gasteiger partial charge in [0.25, 0.3) is 0 Å². The summed E-state index contributed by atoms with van der Waals surface area (Å²) < 4.78 is 0. The average Bonchev–Trinajstić information content (AvgIpc) is 2.80. The lowest BCUT2D eigenvalue weighted by molar-refractivity contribution is -0.121. The van der Waals surface area contributed by atoms with E-state index in [0.29, 0.717) is 6.42 Å². The zero-order valence-electron chi connectivity index (χ0n) is 10.8. The van der Waals surface area contributed by atoms with Gasteiger partial charge in [0.15, 0.2) is 0 Å². The van der Waals surface area contributed by atoms with Crippen molar-refractivity contribution in [2.24, 2.45) is 0 Å². The van der Waals surface area contributed by atoms with Crippen LogP contribution in [-0.2, 0) is 11.2 Å². The maximum absolute atomic E-state index is 11.6. The standard InChI is InChI=1S/C15H20N2O/c1-2-3-4-9-15(18)17-16-14-11-10-12-7-5-6-8-13(12)14/h5-8,11,16H,2-4,9-10H2,1H3,(H,17,18). The molecule has 18 heavy (non-hydrogen) atoms. The molecule has 0 unspecified atom stereocenters. The number of carbonyl (C=O) groups excluding carboxylic acids is 1. The van der Waals surface area contributed by atoms with Gasteiger partial charge in [-0.15, -0.1) is 0 Å². The van der Waals surface area contributed by atoms with Crippen LogP contribution in [0.2, 0.25) is 0 Å². The Kier molecular flexibility index (Phi) is 4.40. The van der Waals surface area contributed by atoms with Crippen molar-refractivity contribution >= 4 is 11.6 Å². The van der Waals surface area contributed by atoms with Crippen LogP contribution < -0.4 is 10.9 Å². The highest BCUT2D eigenvalue weighted by molar-refractivity contribution is 5.78. The fraction of sp³-hybridized carbons (Fsp3) is 0.400. The van der Waals surface area contributed by atoms with Crippen LogP contribution in [0.15, 0.2) is 30.3 Å². The predicted octanol–water partition coefficient (Wildman–Crippen LogP) is 2.78. The van der Waals surface area contributed by atoms with E-state index in [1.807, 2.05) is 12.1 Å². The highest BCUT2D eigenvalue weighted by atomic mass is 16.2. The molecule has 2 N–H and O–H groups in total. The van der Waals surface area contributed by atoms with E-state index in [9.17, 15) is 4.79 Å². The summed E-state index contributed by atoms with van der Waals surface area (Å²) >= 11 is 0. The second-order valence-corrected chi connectivity index (χ2v) is 4.61. The smallest absolute Gasteiger partial charge is 0.238 e. The normalized spacial score (nSPS) is 12.8. The molecular weight excluding hydrogens is 224 g/mol. The maximum Gasteiger partial charge on any atom is 0.238 e. The van der Waals surface area contributed by atoms with Gasteiger partial charge in [-0.25, -0.2) is 0 Å². The summed E-state index contributed by atoms with van der Waals surface area (Å²) in [6.45, 7) is 2.14. The van der Waals surface area contributed by atoms with E-state index in [2.05, 4.69) is 36.0 Å². The highest BCUT2D eigenvalue weighted by Crippen LogP contribution is 2.24. The van der Waals surface area contributed by atoms with Crippen molar-refractivity contribution in [3.8, 4) is 0 Å². The lowest BCUT2D eigenvalue weighted by Crippen LogP contribution is -2.35. The molecule has 96 valence electrons. The predicted molar refractivity (Wildman–Crippen MR) is 73.5 cm³/mol. The molecule has 0 saturated heterocycles. The number of rotatable bonds is 6. The van der Waals surface area contributed by atoms with Crippen molar-refractivity contribution in [2.45, 2.75) is 39.0 Å². The lowest BCUT2D eigenvalue weighted by atomic mass is 10.1. The zero-order valence-corrected chi connectivity index (χ0v) is 10.8. The Morgan fingerprint density at radius 2 is 2.11 bits per heavy atom. The van der Waals surface area contributed by atoms with Crippen LogP contribution in [0, 0.1) is 0 Å². The maximum atomic E-state index is 11.6. The third-order valence-electron chi connectivity index (χ3n) is 3.18. The summed E-state index contributed by atoms with van der Waals surface area (Å²) in [6.07, 6.45) is 6.84. The van der Waals surface area contributed by atoms with Crippen LogP contribution in [0.3, 0.4) is 0 Å². The molecule has 1 amide bonds. The summed E-state index contributed by atoms with van der Waals surface area (Å²) in [7, 11) is 0. The van der Waals surface area contributed by atoms with Gasteiger partial charge in [0.2, 0.25) is 5.91 Å². The molecule has 0 aliphatic heterocycles. The molecule has 0 radical (unpaired) electrons. The van der Waals surface area contributed by atoms with E-state index in [0.717, 1.165) is 31.4 Å². The molecule has 0 spiro atoms. The van der Waals surface area contributed by atoms with Gasteiger partial charge in [-0.1, -0.05) is 50.1 Å². The first-order chi connectivity index (χ1) is 8.81. The van der Waals surface area contributed by atoms with Gasteiger partial charge in [0.1, 0.15) is 0 Å². The Bertz CT molecular complexity index is 452. The summed E-state index contributed by atoms with van der Waals surface area (Å²) in [5.41, 5.74) is 9.29. The first-order valence-corrected chi connectivity index (χ1v) is 6.64. The van der Waals surface area contributed by atoms with Crippen LogP contribution in [0.4, 0.5) is 0 Å². The monoisotopic (exact) mass is 244 g/mol. The van der Waals surface area contributed by atoms with Crippen molar-refractivity contribution in [3.63, 3.8) is 0 Å². The molecule has 2 rings (SSSR count). The largest absolute Gasteiger partial charge is 0.298 e. The Balaban J connectivity index is 1.80. The van der Waals surface area contributed by atoms with E-state index in [4.69, 9.17) is 0 Å². The number of hydrogen-bond donors (Lipinski definition) is 2. The van der Waals surface area contributed by atoms with Crippen LogP contribution >= 0.6 is 0 Å². The third-order valence-corrected chi connectivity index (χ3v) is 3.18. The number of benzene rings is 1. The minimum absolute atomic E-state index is 0.0636. The quantitative estimate of drug-likeness (QED) is 0.597. The molecule has 0 fully saturated rings. The topological polar surface area (TPSA) is 41.1 Å². The second-order valence-electron chi connectivity index (χ2n) is 4.61. The first kappa shape index (κ1) is 12.7. The third kappa shape index (κ3) is 3.13. The second kappa shape index (κ2) is 6.24. The minimum atomic E-state index is 0.0636. The molecule has 0 atom stereocenters. The van der Waals surface area contributed by atoms with Crippen LogP contribution in [0.5, 0.6) is 0 Å². The van der Waals surface area contributed by atoms with Crippen molar-refractivity contribution in [1.29, 1.82) is 0 Å². The van der Waals surface area contributed by atoms with Crippen molar-refractivity contribution in [2.75, 3.05) is 0 Å². The molecule has 0 bridgehead atoms. The van der Waals surface area contributed by atoms with Crippen molar-refractivity contribution in [3.05, 3.63) is 41.5 Å². The summed E-state index contributed by atoms with van der Waals surface area (Å²) in [5, 5.41) is 0. The fourth-order valence-electron chi connectivity index (χ4n) is 2.14. The van der Waals surface area contributed by atoms with E-state index in [-0.39, 0.29) is 5.91 Å². The van der Waals surface area contributed by atoms with Gasteiger partial charge in [-0.2, -0.15) is 0 Å². The van der Waals surface area contributed by atoms with Gasteiger partial charge >= 0.3 is 0 Å². The molecule has 0 heterocycles. The Labute approximate surface area is 108 Å². The van der Waals surface area contributed by atoms with Crippen LogP contribution in [0.25, 0.3) is 5.70 Å². The Hall–Kier alpha value is -1.77. The number of hydrazine groups is 1. The van der Waals surface area contributed by atoms with E-state index < -0.39 is 0 Å². The average molecular weight is 244 g/mol. The molecule has 3 nitrogen and oxygen atoms in total. The number of carbonyl (C=O) groups is 1. The van der Waals surface area contributed by atoms with Crippen LogP contribution in [-0.4, -0.2) is 5.91 Å². The Morgan fingerprint density at radius 1 is 1.28 bits per heavy atom. The number of unbranched alkanes of at least 4 members (excludes halogenated alkanes) is 2. The van der Waals surface area contributed by atoms with Gasteiger partial charge in [-0.05, 0) is 18.4 Å². The number of fused-ring (bicyclic) bond motifs is 1. The van der Waals surface area contributed by atoms with Gasteiger partial charge < -0.3 is 0 Å². The molecule has 1 aliphatic carbocycles. The van der Waals surface area contributed by atoms with Gasteiger partial charge in [0.05, 0.1) is 5.70 Å². The highest BCUT2D eigenvalue weighted by Gasteiger charge is 2.13. The number of amides is 1. The van der Waals surface area contributed by atoms with Gasteiger partial charge in [0, 0.05) is 12.0 Å². The van der Waals surface area contributed by atoms with E-state index >= 15 is 0 Å². The number of allylic oxidation sites excluding steroid dienone is 1. The molecule has 0 saturated carbocycles. The lowest BCUT2D eigenvalue weighted by Gasteiger charge is -2.10. The first-order valence-electron chi connectivity index (χ1n) is 6.64. The molecule has 1 aromatic carbocycles. The molecule has 1 aromatic rings. The minimum Gasteiger partial charge on any atom is -0.298 e. The SMILES string of the molecule is CCCCCC(=O)NNC1=CCc2ccccc21. The fourth-order valence-corrected chi connectivity index (χ4v) is 2.14. The number of nitrogens with one attached hydrogen (secondary N) is 2. The number of hydrogen-bond acceptors (Lipinski definition) is 2. The summed E-state index contributed by atoms with van der Waals surface area (Å²) in [4.78, 5) is 11.6. The summed E-state index contributed by atoms with van der Waals surface area (Å²) in [5.74, 6) is 0.0636. The molecule has 1 aliphatic rings. The summed E-state index contributed by atoms with van der Waals surface area (Å²) in [6, 6.07) is 8.25. The van der Waals surface area contributed by atoms with Crippen LogP contribution in [0.1, 0.15) is 43.7 Å². The molecule has 3 heteroatoms. The van der Waals surface area contributed by atoms with Crippen molar-refractivity contribution in [1.82, 2.24) is 10.9 Å². The van der Waals surface area contributed by atoms with Gasteiger partial charge in [-0.3, -0.25) is 15.6 Å². The molecule has 0 aromatic heterocycles. The zero-order chi connectivity index (χ0) is 12.8.